The highest BCUT2D eigenvalue weighted by Gasteiger charge is 2.34. The van der Waals surface area contributed by atoms with Crippen molar-refractivity contribution in [1.29, 1.82) is 0 Å². The Balaban J connectivity index is 1.31. The molecular formula is C42H39N. The van der Waals surface area contributed by atoms with Gasteiger partial charge in [0.15, 0.2) is 0 Å². The van der Waals surface area contributed by atoms with Gasteiger partial charge in [-0.2, -0.15) is 0 Å². The van der Waals surface area contributed by atoms with Crippen molar-refractivity contribution in [3.8, 4) is 11.1 Å². The van der Waals surface area contributed by atoms with Gasteiger partial charge in [-0.15, -0.1) is 0 Å². The maximum atomic E-state index is 2.41. The number of hydrogen-bond donors (Lipinski definition) is 0. The molecule has 0 spiro atoms. The van der Waals surface area contributed by atoms with Crippen molar-refractivity contribution >= 4 is 27.8 Å². The Morgan fingerprint density at radius 3 is 1.53 bits per heavy atom. The van der Waals surface area contributed by atoms with Gasteiger partial charge < -0.3 is 4.90 Å². The Bertz CT molecular complexity index is 1760. The van der Waals surface area contributed by atoms with Gasteiger partial charge in [0, 0.05) is 22.5 Å². The molecule has 1 aliphatic rings. The lowest BCUT2D eigenvalue weighted by Gasteiger charge is -2.37. The average Bonchev–Trinajstić information content (AvgIpc) is 3.07. The van der Waals surface area contributed by atoms with Gasteiger partial charge in [0.2, 0.25) is 0 Å². The van der Waals surface area contributed by atoms with Crippen molar-refractivity contribution < 1.29 is 0 Å². The summed E-state index contributed by atoms with van der Waals surface area (Å²) < 4.78 is 0. The molecule has 0 aromatic heterocycles. The van der Waals surface area contributed by atoms with Crippen molar-refractivity contribution in [1.82, 2.24) is 0 Å². The summed E-state index contributed by atoms with van der Waals surface area (Å²) in [7, 11) is 0. The lowest BCUT2D eigenvalue weighted by atomic mass is 9.67. The lowest BCUT2D eigenvalue weighted by Crippen LogP contribution is -2.29. The molecule has 1 saturated carbocycles. The van der Waals surface area contributed by atoms with E-state index in [4.69, 9.17) is 0 Å². The van der Waals surface area contributed by atoms with E-state index in [9.17, 15) is 0 Å². The van der Waals surface area contributed by atoms with E-state index in [-0.39, 0.29) is 5.41 Å². The maximum absolute atomic E-state index is 2.41. The van der Waals surface area contributed by atoms with Crippen LogP contribution in [0.5, 0.6) is 0 Å². The van der Waals surface area contributed by atoms with E-state index in [0.717, 1.165) is 5.69 Å². The highest BCUT2D eigenvalue weighted by molar-refractivity contribution is 5.89. The largest absolute Gasteiger partial charge is 0.310 e. The fraction of sp³-hybridized carbons (Fsp3) is 0.190. The molecule has 43 heavy (non-hydrogen) atoms. The molecular weight excluding hydrogens is 518 g/mol. The summed E-state index contributed by atoms with van der Waals surface area (Å²) in [4.78, 5) is 2.40. The van der Waals surface area contributed by atoms with Crippen LogP contribution in [0.2, 0.25) is 0 Å². The third-order valence-corrected chi connectivity index (χ3v) is 9.44. The summed E-state index contributed by atoms with van der Waals surface area (Å²) >= 11 is 0. The molecule has 0 radical (unpaired) electrons. The molecule has 0 amide bonds. The smallest absolute Gasteiger partial charge is 0.0468 e. The van der Waals surface area contributed by atoms with E-state index in [1.807, 2.05) is 0 Å². The molecule has 0 bridgehead atoms. The molecule has 212 valence electrons. The van der Waals surface area contributed by atoms with Crippen LogP contribution in [-0.4, -0.2) is 0 Å². The van der Waals surface area contributed by atoms with Crippen LogP contribution in [0.15, 0.2) is 152 Å². The number of rotatable bonds is 6. The van der Waals surface area contributed by atoms with Crippen LogP contribution in [0.3, 0.4) is 0 Å². The summed E-state index contributed by atoms with van der Waals surface area (Å²) in [5.41, 5.74) is 8.96. The van der Waals surface area contributed by atoms with Crippen LogP contribution in [-0.2, 0) is 5.41 Å². The Kier molecular flexibility index (Phi) is 7.80. The molecule has 1 heteroatoms. The summed E-state index contributed by atoms with van der Waals surface area (Å²) in [5.74, 6) is 0. The third-order valence-electron chi connectivity index (χ3n) is 9.44. The van der Waals surface area contributed by atoms with Crippen LogP contribution in [0.1, 0.15) is 56.1 Å². The third kappa shape index (κ3) is 5.60. The Labute approximate surface area is 256 Å². The summed E-state index contributed by atoms with van der Waals surface area (Å²) in [5, 5.41) is 2.51. The van der Waals surface area contributed by atoms with Crippen LogP contribution >= 0.6 is 0 Å². The number of benzene rings is 6. The van der Waals surface area contributed by atoms with E-state index in [1.165, 1.54) is 89.3 Å². The molecule has 6 aromatic rings. The highest BCUT2D eigenvalue weighted by Crippen LogP contribution is 2.45. The van der Waals surface area contributed by atoms with E-state index >= 15 is 0 Å². The average molecular weight is 558 g/mol. The monoisotopic (exact) mass is 557 g/mol. The molecule has 1 fully saturated rings. The first-order valence-corrected chi connectivity index (χ1v) is 15.9. The fourth-order valence-electron chi connectivity index (χ4n) is 7.14. The quantitative estimate of drug-likeness (QED) is 0.197. The molecule has 0 unspecified atom stereocenters. The Hall–Kier alpha value is -4.62. The van der Waals surface area contributed by atoms with Crippen LogP contribution in [0.4, 0.5) is 17.1 Å². The molecule has 0 saturated heterocycles. The zero-order valence-corrected chi connectivity index (χ0v) is 24.8. The van der Waals surface area contributed by atoms with Crippen molar-refractivity contribution in [3.63, 3.8) is 0 Å². The summed E-state index contributed by atoms with van der Waals surface area (Å²) in [6.07, 6.45) is 9.04. The maximum Gasteiger partial charge on any atom is 0.0468 e. The van der Waals surface area contributed by atoms with Crippen molar-refractivity contribution in [2.45, 2.75) is 50.4 Å². The molecule has 1 aliphatic carbocycles. The number of nitrogens with zero attached hydrogens (tertiary/aromatic N) is 1. The van der Waals surface area contributed by atoms with Gasteiger partial charge in [-0.1, -0.05) is 147 Å². The number of fused-ring (bicyclic) bond motifs is 1. The van der Waals surface area contributed by atoms with E-state index in [2.05, 4.69) is 157 Å². The normalized spacial score (nSPS) is 15.0. The SMILES string of the molecule is c1ccc(-c2ccc(N(c3ccc(C4(c5ccccc5)CCCCCCC4)cc3)c3ccc4ccccc4c3)cc2)cc1. The Morgan fingerprint density at radius 2 is 0.860 bits per heavy atom. The van der Waals surface area contributed by atoms with E-state index in [0.29, 0.717) is 0 Å². The van der Waals surface area contributed by atoms with E-state index in [1.54, 1.807) is 0 Å². The van der Waals surface area contributed by atoms with Gasteiger partial charge in [0.1, 0.15) is 0 Å². The minimum atomic E-state index is 0.0747. The fourth-order valence-corrected chi connectivity index (χ4v) is 7.14. The number of anilines is 3. The van der Waals surface area contributed by atoms with Crippen LogP contribution in [0, 0.1) is 0 Å². The summed E-state index contributed by atoms with van der Waals surface area (Å²) in [6.45, 7) is 0. The van der Waals surface area contributed by atoms with Crippen molar-refractivity contribution in [2.24, 2.45) is 0 Å². The molecule has 7 rings (SSSR count). The molecule has 1 nitrogen and oxygen atoms in total. The minimum Gasteiger partial charge on any atom is -0.310 e. The first-order valence-electron chi connectivity index (χ1n) is 15.9. The zero-order valence-electron chi connectivity index (χ0n) is 24.8. The van der Waals surface area contributed by atoms with Crippen molar-refractivity contribution in [3.05, 3.63) is 163 Å². The Morgan fingerprint density at radius 1 is 0.372 bits per heavy atom. The highest BCUT2D eigenvalue weighted by atomic mass is 15.1. The van der Waals surface area contributed by atoms with Gasteiger partial charge in [-0.05, 0) is 82.3 Å². The van der Waals surface area contributed by atoms with Gasteiger partial charge in [-0.3, -0.25) is 0 Å². The standard InChI is InChI=1S/C42H39N/c1-2-12-30-42(31-13-3-1,37-18-8-5-9-19-37)38-23-28-40(29-24-38)43(41-27-22-34-16-10-11-17-36(34)32-41)39-25-20-35(21-26-39)33-14-6-4-7-15-33/h4-11,14-29,32H,1-3,12-13,30-31H2. The van der Waals surface area contributed by atoms with Gasteiger partial charge >= 0.3 is 0 Å². The first kappa shape index (κ1) is 27.2. The minimum absolute atomic E-state index is 0.0747. The first-order chi connectivity index (χ1) is 21.3. The summed E-state index contributed by atoms with van der Waals surface area (Å²) in [6, 6.07) is 55.8. The van der Waals surface area contributed by atoms with Crippen LogP contribution < -0.4 is 4.90 Å². The predicted molar refractivity (Wildman–Crippen MR) is 184 cm³/mol. The van der Waals surface area contributed by atoms with Gasteiger partial charge in [0.05, 0.1) is 0 Å². The molecule has 0 N–H and O–H groups in total. The van der Waals surface area contributed by atoms with Gasteiger partial charge in [0.25, 0.3) is 0 Å². The second-order valence-electron chi connectivity index (χ2n) is 12.0. The molecule has 0 heterocycles. The lowest BCUT2D eigenvalue weighted by molar-refractivity contribution is 0.366. The topological polar surface area (TPSA) is 3.24 Å². The van der Waals surface area contributed by atoms with Crippen LogP contribution in [0.25, 0.3) is 21.9 Å². The number of hydrogen-bond acceptors (Lipinski definition) is 1. The zero-order chi connectivity index (χ0) is 28.9. The molecule has 6 aromatic carbocycles. The molecule has 0 atom stereocenters. The predicted octanol–water partition coefficient (Wildman–Crippen LogP) is 12.0. The van der Waals surface area contributed by atoms with E-state index < -0.39 is 0 Å². The molecule has 0 aliphatic heterocycles. The van der Waals surface area contributed by atoms with Crippen molar-refractivity contribution in [2.75, 3.05) is 4.90 Å². The second-order valence-corrected chi connectivity index (χ2v) is 12.0. The second kappa shape index (κ2) is 12.3. The van der Waals surface area contributed by atoms with Gasteiger partial charge in [-0.25, -0.2) is 0 Å².